The lowest BCUT2D eigenvalue weighted by Gasteiger charge is -1.92. The fourth-order valence-electron chi connectivity index (χ4n) is 0.563. The summed E-state index contributed by atoms with van der Waals surface area (Å²) in [5.41, 5.74) is 1.23. The third-order valence-corrected chi connectivity index (χ3v) is 1.62. The minimum absolute atomic E-state index is 1.06. The van der Waals surface area contributed by atoms with Crippen molar-refractivity contribution in [3.05, 3.63) is 29.8 Å². The van der Waals surface area contributed by atoms with Crippen LogP contribution < -0.4 is 5.32 Å². The molecule has 0 spiro atoms. The highest BCUT2D eigenvalue weighted by Gasteiger charge is 1.84. The maximum Gasteiger partial charge on any atom is 0.00692 e. The highest BCUT2D eigenvalue weighted by Crippen LogP contribution is 2.09. The van der Waals surface area contributed by atoms with Crippen LogP contribution in [0.2, 0.25) is 0 Å². The van der Waals surface area contributed by atoms with Gasteiger partial charge in [0, 0.05) is 4.90 Å². The van der Waals surface area contributed by atoms with Crippen LogP contribution in [0.4, 0.5) is 0 Å². The van der Waals surface area contributed by atoms with Crippen molar-refractivity contribution in [3.8, 4) is 0 Å². The fourth-order valence-corrected chi connectivity index (χ4v) is 0.724. The summed E-state index contributed by atoms with van der Waals surface area (Å²) in [5.74, 6) is 0. The van der Waals surface area contributed by atoms with Crippen molar-refractivity contribution in [1.29, 1.82) is 0 Å². The van der Waals surface area contributed by atoms with Gasteiger partial charge in [-0.15, -0.1) is 12.6 Å². The minimum atomic E-state index is 1.06. The number of thiol groups is 1. The van der Waals surface area contributed by atoms with Gasteiger partial charge in [-0.2, -0.15) is 0 Å². The zero-order valence-corrected chi connectivity index (χ0v) is 8.15. The fraction of sp³-hybridized carbons (Fsp3) is 0.333. The number of aryl methyl sites for hydroxylation is 1. The Hall–Kier alpha value is -0.470. The topological polar surface area (TPSA) is 12.0 Å². The van der Waals surface area contributed by atoms with E-state index in [1.807, 2.05) is 45.3 Å². The largest absolute Gasteiger partial charge is 0.323 e. The molecule has 0 aliphatic heterocycles. The number of hydrogen-bond acceptors (Lipinski definition) is 2. The van der Waals surface area contributed by atoms with E-state index in [1.165, 1.54) is 5.56 Å². The Morgan fingerprint density at radius 1 is 1.18 bits per heavy atom. The van der Waals surface area contributed by atoms with Gasteiger partial charge in [-0.1, -0.05) is 18.2 Å². The second-order valence-electron chi connectivity index (χ2n) is 2.29. The summed E-state index contributed by atoms with van der Waals surface area (Å²) in [6.07, 6.45) is 0. The summed E-state index contributed by atoms with van der Waals surface area (Å²) in [7, 11) is 3.75. The molecule has 1 aromatic rings. The van der Waals surface area contributed by atoms with Gasteiger partial charge >= 0.3 is 0 Å². The summed E-state index contributed by atoms with van der Waals surface area (Å²) in [5, 5.41) is 2.75. The lowest BCUT2D eigenvalue weighted by molar-refractivity contribution is 1.02. The van der Waals surface area contributed by atoms with Gasteiger partial charge in [-0.05, 0) is 32.6 Å². The van der Waals surface area contributed by atoms with Crippen LogP contribution in [0.1, 0.15) is 5.56 Å². The van der Waals surface area contributed by atoms with Gasteiger partial charge in [-0.3, -0.25) is 0 Å². The Bertz CT molecular complexity index is 178. The van der Waals surface area contributed by atoms with Crippen molar-refractivity contribution in [1.82, 2.24) is 5.32 Å². The van der Waals surface area contributed by atoms with E-state index in [1.54, 1.807) is 0 Å². The van der Waals surface area contributed by atoms with Crippen molar-refractivity contribution in [2.24, 2.45) is 0 Å². The zero-order chi connectivity index (χ0) is 8.69. The summed E-state index contributed by atoms with van der Waals surface area (Å²) in [4.78, 5) is 1.06. The average Bonchev–Trinajstić information content (AvgIpc) is 1.97. The Morgan fingerprint density at radius 2 is 1.64 bits per heavy atom. The van der Waals surface area contributed by atoms with Crippen LogP contribution in [0.3, 0.4) is 0 Å². The van der Waals surface area contributed by atoms with E-state index in [9.17, 15) is 0 Å². The molecule has 0 atom stereocenters. The maximum atomic E-state index is 4.20. The molecule has 1 nitrogen and oxygen atoms in total. The Labute approximate surface area is 74.2 Å². The molecule has 0 aliphatic carbocycles. The zero-order valence-electron chi connectivity index (χ0n) is 7.26. The van der Waals surface area contributed by atoms with Gasteiger partial charge in [0.15, 0.2) is 0 Å². The summed E-state index contributed by atoms with van der Waals surface area (Å²) < 4.78 is 0. The van der Waals surface area contributed by atoms with Crippen LogP contribution >= 0.6 is 12.6 Å². The second-order valence-corrected chi connectivity index (χ2v) is 2.77. The van der Waals surface area contributed by atoms with Crippen LogP contribution in [0.25, 0.3) is 0 Å². The van der Waals surface area contributed by atoms with Crippen molar-refractivity contribution in [3.63, 3.8) is 0 Å². The molecule has 0 fully saturated rings. The van der Waals surface area contributed by atoms with Crippen molar-refractivity contribution < 1.29 is 0 Å². The normalized spacial score (nSPS) is 8.36. The first-order chi connectivity index (χ1) is 5.22. The number of hydrogen-bond donors (Lipinski definition) is 2. The van der Waals surface area contributed by atoms with Gasteiger partial charge in [-0.25, -0.2) is 0 Å². The van der Waals surface area contributed by atoms with E-state index < -0.39 is 0 Å². The van der Waals surface area contributed by atoms with Crippen LogP contribution in [-0.2, 0) is 0 Å². The molecule has 1 aromatic carbocycles. The van der Waals surface area contributed by atoms with Crippen LogP contribution in [-0.4, -0.2) is 14.1 Å². The van der Waals surface area contributed by atoms with E-state index in [2.05, 4.69) is 17.9 Å². The SMILES string of the molecule is CNC.Cc1ccccc1S. The molecule has 2 heteroatoms. The van der Waals surface area contributed by atoms with Gasteiger partial charge < -0.3 is 5.32 Å². The lowest BCUT2D eigenvalue weighted by atomic mass is 10.2. The predicted molar refractivity (Wildman–Crippen MR) is 53.4 cm³/mol. The van der Waals surface area contributed by atoms with E-state index in [0.29, 0.717) is 0 Å². The highest BCUT2D eigenvalue weighted by atomic mass is 32.1. The average molecular weight is 169 g/mol. The molecular formula is C9H15NS. The highest BCUT2D eigenvalue weighted by molar-refractivity contribution is 7.80. The second kappa shape index (κ2) is 6.25. The standard InChI is InChI=1S/C7H8S.C2H7N/c1-6-4-2-3-5-7(6)8;1-3-2/h2-5,8H,1H3;3H,1-2H3. The third kappa shape index (κ3) is 4.87. The molecule has 0 unspecified atom stereocenters. The first-order valence-corrected chi connectivity index (χ1v) is 4.00. The molecule has 0 radical (unpaired) electrons. The molecule has 0 bridgehead atoms. The molecule has 1 rings (SSSR count). The van der Waals surface area contributed by atoms with Crippen LogP contribution in [0.5, 0.6) is 0 Å². The van der Waals surface area contributed by atoms with Crippen molar-refractivity contribution in [2.45, 2.75) is 11.8 Å². The Kier molecular flexibility index (Phi) is 5.99. The monoisotopic (exact) mass is 169 g/mol. The van der Waals surface area contributed by atoms with E-state index in [0.717, 1.165) is 4.90 Å². The van der Waals surface area contributed by atoms with E-state index in [4.69, 9.17) is 0 Å². The smallest absolute Gasteiger partial charge is 0.00692 e. The summed E-state index contributed by atoms with van der Waals surface area (Å²) in [6, 6.07) is 8.02. The first-order valence-electron chi connectivity index (χ1n) is 3.55. The van der Waals surface area contributed by atoms with Gasteiger partial charge in [0.25, 0.3) is 0 Å². The van der Waals surface area contributed by atoms with Crippen molar-refractivity contribution in [2.75, 3.05) is 14.1 Å². The molecule has 1 N–H and O–H groups in total. The predicted octanol–water partition coefficient (Wildman–Crippen LogP) is 2.12. The van der Waals surface area contributed by atoms with Crippen LogP contribution in [0.15, 0.2) is 29.2 Å². The lowest BCUT2D eigenvalue weighted by Crippen LogP contribution is -1.89. The Balaban J connectivity index is 0.000000292. The number of rotatable bonds is 0. The van der Waals surface area contributed by atoms with E-state index in [-0.39, 0.29) is 0 Å². The Morgan fingerprint density at radius 3 is 1.91 bits per heavy atom. The van der Waals surface area contributed by atoms with Gasteiger partial charge in [0.05, 0.1) is 0 Å². The molecular weight excluding hydrogens is 154 g/mol. The minimum Gasteiger partial charge on any atom is -0.323 e. The van der Waals surface area contributed by atoms with Gasteiger partial charge in [0.2, 0.25) is 0 Å². The quantitative estimate of drug-likeness (QED) is 0.567. The summed E-state index contributed by atoms with van der Waals surface area (Å²) >= 11 is 4.20. The number of nitrogens with one attached hydrogen (secondary N) is 1. The molecule has 11 heavy (non-hydrogen) atoms. The van der Waals surface area contributed by atoms with E-state index >= 15 is 0 Å². The maximum absolute atomic E-state index is 4.20. The molecule has 0 aromatic heterocycles. The molecule has 0 aliphatic rings. The van der Waals surface area contributed by atoms with Crippen LogP contribution in [0, 0.1) is 6.92 Å². The van der Waals surface area contributed by atoms with Gasteiger partial charge in [0.1, 0.15) is 0 Å². The molecule has 0 heterocycles. The molecule has 62 valence electrons. The molecule has 0 saturated heterocycles. The first kappa shape index (κ1) is 10.5. The summed E-state index contributed by atoms with van der Waals surface area (Å²) in [6.45, 7) is 2.04. The third-order valence-electron chi connectivity index (χ3n) is 1.12. The molecule has 0 saturated carbocycles. The molecule has 0 amide bonds. The number of benzene rings is 1. The van der Waals surface area contributed by atoms with Crippen molar-refractivity contribution >= 4 is 12.6 Å².